The van der Waals surface area contributed by atoms with E-state index in [9.17, 15) is 9.59 Å². The summed E-state index contributed by atoms with van der Waals surface area (Å²) in [6, 6.07) is 0.856. The molecule has 6 nitrogen and oxygen atoms in total. The lowest BCUT2D eigenvalue weighted by molar-refractivity contribution is -0.145. The molecule has 0 bridgehead atoms. The quantitative estimate of drug-likeness (QED) is 0.547. The monoisotopic (exact) mass is 198 g/mol. The van der Waals surface area contributed by atoms with E-state index in [4.69, 9.17) is 15.5 Å². The van der Waals surface area contributed by atoms with Crippen molar-refractivity contribution in [3.05, 3.63) is 0 Å². The Bertz CT molecular complexity index is 322. The van der Waals surface area contributed by atoms with Crippen LogP contribution in [0.2, 0.25) is 0 Å². The number of nitrogens with one attached hydrogen (secondary N) is 1. The predicted molar refractivity (Wildman–Crippen MR) is 44.3 cm³/mol. The smallest absolute Gasteiger partial charge is 0.325 e. The van der Waals surface area contributed by atoms with E-state index in [0.29, 0.717) is 0 Å². The second-order valence-corrected chi connectivity index (χ2v) is 3.46. The molecule has 1 saturated heterocycles. The van der Waals surface area contributed by atoms with Crippen molar-refractivity contribution in [2.75, 3.05) is 0 Å². The first-order valence-corrected chi connectivity index (χ1v) is 4.05. The molecule has 3 atom stereocenters. The molecule has 1 fully saturated rings. The molecular weight excluding hydrogens is 188 g/mol. The van der Waals surface area contributed by atoms with Crippen LogP contribution in [-0.4, -0.2) is 33.7 Å². The Morgan fingerprint density at radius 3 is 2.43 bits per heavy atom. The van der Waals surface area contributed by atoms with Crippen LogP contribution in [-0.2, 0) is 9.59 Å². The van der Waals surface area contributed by atoms with Crippen molar-refractivity contribution in [2.24, 2.45) is 5.92 Å². The first-order valence-electron chi connectivity index (χ1n) is 4.05. The van der Waals surface area contributed by atoms with Gasteiger partial charge in [0.1, 0.15) is 11.6 Å². The van der Waals surface area contributed by atoms with Crippen LogP contribution in [0.3, 0.4) is 0 Å². The van der Waals surface area contributed by atoms with Crippen molar-refractivity contribution in [2.45, 2.75) is 24.9 Å². The molecule has 0 saturated carbocycles. The standard InChI is InChI=1S/C8H10N2O4/c1-8(7(13)14)4(3-9)2-5(10-8)6(11)12/h4-5,10H,2H2,1H3,(H,11,12)(H,13,14). The third-order valence-corrected chi connectivity index (χ3v) is 2.54. The lowest BCUT2D eigenvalue weighted by Crippen LogP contribution is -2.52. The van der Waals surface area contributed by atoms with E-state index in [0.717, 1.165) is 0 Å². The van der Waals surface area contributed by atoms with Crippen LogP contribution in [0, 0.1) is 17.2 Å². The fraction of sp³-hybridized carbons (Fsp3) is 0.625. The van der Waals surface area contributed by atoms with Crippen molar-refractivity contribution in [1.82, 2.24) is 5.32 Å². The average molecular weight is 198 g/mol. The highest BCUT2D eigenvalue weighted by Gasteiger charge is 2.51. The van der Waals surface area contributed by atoms with Gasteiger partial charge < -0.3 is 10.2 Å². The SMILES string of the molecule is CC1(C(=O)O)NC(C(=O)O)CC1C#N. The molecule has 6 heteroatoms. The maximum atomic E-state index is 10.9. The Morgan fingerprint density at radius 1 is 1.57 bits per heavy atom. The summed E-state index contributed by atoms with van der Waals surface area (Å²) in [5, 5.41) is 28.7. The van der Waals surface area contributed by atoms with Gasteiger partial charge in [-0.1, -0.05) is 0 Å². The van der Waals surface area contributed by atoms with Crippen molar-refractivity contribution < 1.29 is 19.8 Å². The van der Waals surface area contributed by atoms with E-state index in [2.05, 4.69) is 5.32 Å². The Labute approximate surface area is 80.1 Å². The van der Waals surface area contributed by atoms with Crippen molar-refractivity contribution in [1.29, 1.82) is 5.26 Å². The van der Waals surface area contributed by atoms with Crippen molar-refractivity contribution in [3.63, 3.8) is 0 Å². The van der Waals surface area contributed by atoms with Gasteiger partial charge in [0, 0.05) is 0 Å². The van der Waals surface area contributed by atoms with Crippen LogP contribution in [0.15, 0.2) is 0 Å². The zero-order valence-corrected chi connectivity index (χ0v) is 7.52. The lowest BCUT2D eigenvalue weighted by Gasteiger charge is -2.22. The second kappa shape index (κ2) is 3.27. The van der Waals surface area contributed by atoms with Crippen LogP contribution < -0.4 is 5.32 Å². The van der Waals surface area contributed by atoms with Gasteiger partial charge in [-0.3, -0.25) is 14.9 Å². The molecular formula is C8H10N2O4. The fourth-order valence-corrected chi connectivity index (χ4v) is 1.55. The average Bonchev–Trinajstić information content (AvgIpc) is 2.44. The molecule has 1 aliphatic heterocycles. The summed E-state index contributed by atoms with van der Waals surface area (Å²) in [7, 11) is 0. The third-order valence-electron chi connectivity index (χ3n) is 2.54. The topological polar surface area (TPSA) is 110 Å². The Balaban J connectivity index is 2.94. The summed E-state index contributed by atoms with van der Waals surface area (Å²) in [5.74, 6) is -3.15. The number of rotatable bonds is 2. The number of carboxylic acid groups (broad SMARTS) is 2. The molecule has 14 heavy (non-hydrogen) atoms. The van der Waals surface area contributed by atoms with Gasteiger partial charge in [-0.05, 0) is 13.3 Å². The summed E-state index contributed by atoms with van der Waals surface area (Å²) < 4.78 is 0. The van der Waals surface area contributed by atoms with Gasteiger partial charge in [0.25, 0.3) is 0 Å². The highest BCUT2D eigenvalue weighted by Crippen LogP contribution is 2.29. The van der Waals surface area contributed by atoms with E-state index in [1.54, 1.807) is 0 Å². The Hall–Kier alpha value is -1.61. The summed E-state index contributed by atoms with van der Waals surface area (Å²) in [6.45, 7) is 1.33. The number of aliphatic carboxylic acids is 2. The van der Waals surface area contributed by atoms with E-state index >= 15 is 0 Å². The lowest BCUT2D eigenvalue weighted by atomic mass is 9.88. The van der Waals surface area contributed by atoms with Gasteiger partial charge in [-0.2, -0.15) is 5.26 Å². The van der Waals surface area contributed by atoms with Crippen molar-refractivity contribution in [3.8, 4) is 6.07 Å². The number of carboxylic acids is 2. The first kappa shape index (κ1) is 10.5. The molecule has 1 heterocycles. The molecule has 0 aromatic heterocycles. The summed E-state index contributed by atoms with van der Waals surface area (Å²) in [4.78, 5) is 21.5. The molecule has 0 aliphatic carbocycles. The van der Waals surface area contributed by atoms with Gasteiger partial charge in [-0.25, -0.2) is 0 Å². The maximum Gasteiger partial charge on any atom is 0.325 e. The van der Waals surface area contributed by atoms with Gasteiger partial charge in [-0.15, -0.1) is 0 Å². The molecule has 1 rings (SSSR count). The molecule has 0 radical (unpaired) electrons. The molecule has 1 aliphatic rings. The van der Waals surface area contributed by atoms with Crippen LogP contribution in [0.5, 0.6) is 0 Å². The second-order valence-electron chi connectivity index (χ2n) is 3.46. The number of nitriles is 1. The third kappa shape index (κ3) is 1.42. The molecule has 3 unspecified atom stereocenters. The summed E-state index contributed by atoms with van der Waals surface area (Å²) >= 11 is 0. The molecule has 0 amide bonds. The highest BCUT2D eigenvalue weighted by atomic mass is 16.4. The molecule has 0 aromatic rings. The highest BCUT2D eigenvalue weighted by molar-refractivity contribution is 5.83. The minimum Gasteiger partial charge on any atom is -0.480 e. The fourth-order valence-electron chi connectivity index (χ4n) is 1.55. The molecule has 76 valence electrons. The van der Waals surface area contributed by atoms with E-state index < -0.39 is 29.4 Å². The normalized spacial score (nSPS) is 36.3. The number of hydrogen-bond acceptors (Lipinski definition) is 4. The van der Waals surface area contributed by atoms with Crippen molar-refractivity contribution >= 4 is 11.9 Å². The van der Waals surface area contributed by atoms with Crippen LogP contribution in [0.4, 0.5) is 0 Å². The zero-order valence-electron chi connectivity index (χ0n) is 7.52. The first-order chi connectivity index (χ1) is 6.41. The Morgan fingerprint density at radius 2 is 2.14 bits per heavy atom. The minimum atomic E-state index is -1.46. The zero-order chi connectivity index (χ0) is 10.9. The Kier molecular flexibility index (Phi) is 2.45. The van der Waals surface area contributed by atoms with Gasteiger partial charge >= 0.3 is 11.9 Å². The predicted octanol–water partition coefficient (Wildman–Crippen LogP) is -0.584. The minimum absolute atomic E-state index is 0.0225. The van der Waals surface area contributed by atoms with Gasteiger partial charge in [0.2, 0.25) is 0 Å². The van der Waals surface area contributed by atoms with Crippen LogP contribution >= 0.6 is 0 Å². The summed E-state index contributed by atoms with van der Waals surface area (Å²) in [6.07, 6.45) is 0.0225. The van der Waals surface area contributed by atoms with E-state index in [1.807, 2.05) is 6.07 Å². The van der Waals surface area contributed by atoms with E-state index in [1.165, 1.54) is 6.92 Å². The molecule has 0 aromatic carbocycles. The number of nitrogens with zero attached hydrogens (tertiary/aromatic N) is 1. The molecule has 0 spiro atoms. The molecule has 3 N–H and O–H groups in total. The van der Waals surface area contributed by atoms with Crippen LogP contribution in [0.25, 0.3) is 0 Å². The number of hydrogen-bond donors (Lipinski definition) is 3. The van der Waals surface area contributed by atoms with Gasteiger partial charge in [0.05, 0.1) is 12.0 Å². The van der Waals surface area contributed by atoms with Crippen LogP contribution in [0.1, 0.15) is 13.3 Å². The van der Waals surface area contributed by atoms with E-state index in [-0.39, 0.29) is 6.42 Å². The maximum absolute atomic E-state index is 10.9. The van der Waals surface area contributed by atoms with Gasteiger partial charge in [0.15, 0.2) is 0 Å². The summed E-state index contributed by atoms with van der Waals surface area (Å²) in [5.41, 5.74) is -1.46. The largest absolute Gasteiger partial charge is 0.480 e. The number of carbonyl (C=O) groups is 2.